The predicted octanol–water partition coefficient (Wildman–Crippen LogP) is 3.22. The molecule has 0 aromatic carbocycles. The molecule has 0 N–H and O–H groups in total. The van der Waals surface area contributed by atoms with Gasteiger partial charge < -0.3 is 4.74 Å². The van der Waals surface area contributed by atoms with Gasteiger partial charge in [-0.3, -0.25) is 4.79 Å². The van der Waals surface area contributed by atoms with E-state index in [4.69, 9.17) is 16.3 Å². The van der Waals surface area contributed by atoms with Gasteiger partial charge in [0.05, 0.1) is 6.42 Å². The second-order valence-corrected chi connectivity index (χ2v) is 5.76. The molecule has 0 aliphatic carbocycles. The van der Waals surface area contributed by atoms with Gasteiger partial charge in [0, 0.05) is 0 Å². The average molecular weight is 354 g/mol. The number of carbonyl (C=O) groups is 1. The molecule has 16 heavy (non-hydrogen) atoms. The Morgan fingerprint density at radius 3 is 2.62 bits per heavy atom. The number of hydrogen-bond acceptors (Lipinski definition) is 3. The van der Waals surface area contributed by atoms with Crippen LogP contribution in [-0.2, 0) is 16.0 Å². The van der Waals surface area contributed by atoms with Crippen molar-refractivity contribution in [1.82, 2.24) is 4.98 Å². The molecular formula is C11H13ClINO2. The number of esters is 1. The van der Waals surface area contributed by atoms with Gasteiger partial charge in [0.15, 0.2) is 0 Å². The number of ether oxygens (including phenoxy) is 1. The largest absolute Gasteiger partial charge is 0.460 e. The van der Waals surface area contributed by atoms with Crippen molar-refractivity contribution in [3.05, 3.63) is 26.5 Å². The summed E-state index contributed by atoms with van der Waals surface area (Å²) < 4.78 is 5.96. The van der Waals surface area contributed by atoms with Crippen LogP contribution in [0.1, 0.15) is 26.3 Å². The van der Waals surface area contributed by atoms with Gasteiger partial charge in [-0.2, -0.15) is 0 Å². The summed E-state index contributed by atoms with van der Waals surface area (Å²) in [6.07, 6.45) is 0.222. The average Bonchev–Trinajstić information content (AvgIpc) is 2.06. The van der Waals surface area contributed by atoms with E-state index in [1.807, 2.05) is 20.8 Å². The SMILES string of the molecule is CC(C)(C)OC(=O)Cc1ccc(Cl)nc1I. The van der Waals surface area contributed by atoms with E-state index in [-0.39, 0.29) is 12.4 Å². The molecule has 0 fully saturated rings. The molecule has 1 aromatic rings. The van der Waals surface area contributed by atoms with E-state index >= 15 is 0 Å². The van der Waals surface area contributed by atoms with E-state index in [0.29, 0.717) is 5.15 Å². The third kappa shape index (κ3) is 4.65. The van der Waals surface area contributed by atoms with Crippen LogP contribution >= 0.6 is 34.2 Å². The molecule has 3 nitrogen and oxygen atoms in total. The molecule has 0 aliphatic rings. The van der Waals surface area contributed by atoms with Gasteiger partial charge in [0.1, 0.15) is 14.5 Å². The molecule has 1 aromatic heterocycles. The molecule has 0 bridgehead atoms. The summed E-state index contributed by atoms with van der Waals surface area (Å²) in [4.78, 5) is 15.6. The number of halogens is 2. The lowest BCUT2D eigenvalue weighted by Gasteiger charge is -2.19. The Hall–Kier alpha value is -0.360. The summed E-state index contributed by atoms with van der Waals surface area (Å²) in [5, 5.41) is 0.428. The Bertz CT molecular complexity index is 401. The highest BCUT2D eigenvalue weighted by Gasteiger charge is 2.17. The van der Waals surface area contributed by atoms with Crippen molar-refractivity contribution in [2.24, 2.45) is 0 Å². The molecule has 1 rings (SSSR count). The van der Waals surface area contributed by atoms with Crippen LogP contribution in [0.25, 0.3) is 0 Å². The number of rotatable bonds is 2. The molecule has 0 aliphatic heterocycles. The molecular weight excluding hydrogens is 340 g/mol. The molecule has 0 unspecified atom stereocenters. The Kier molecular flexibility index (Phi) is 4.55. The maximum Gasteiger partial charge on any atom is 0.310 e. The summed E-state index contributed by atoms with van der Waals surface area (Å²) in [5.41, 5.74) is 0.377. The van der Waals surface area contributed by atoms with Crippen LogP contribution in [0.4, 0.5) is 0 Å². The topological polar surface area (TPSA) is 39.2 Å². The van der Waals surface area contributed by atoms with Crippen LogP contribution in [0.3, 0.4) is 0 Å². The highest BCUT2D eigenvalue weighted by atomic mass is 127. The van der Waals surface area contributed by atoms with Gasteiger partial charge in [0.25, 0.3) is 0 Å². The van der Waals surface area contributed by atoms with Crippen molar-refractivity contribution in [1.29, 1.82) is 0 Å². The molecule has 0 radical (unpaired) electrons. The van der Waals surface area contributed by atoms with Crippen molar-refractivity contribution >= 4 is 40.2 Å². The molecule has 88 valence electrons. The number of pyridine rings is 1. The summed E-state index contributed by atoms with van der Waals surface area (Å²) in [7, 11) is 0. The second kappa shape index (κ2) is 5.31. The van der Waals surface area contributed by atoms with E-state index in [1.54, 1.807) is 12.1 Å². The van der Waals surface area contributed by atoms with Crippen molar-refractivity contribution in [2.45, 2.75) is 32.8 Å². The number of aromatic nitrogens is 1. The van der Waals surface area contributed by atoms with E-state index in [1.165, 1.54) is 0 Å². The first kappa shape index (κ1) is 13.7. The van der Waals surface area contributed by atoms with Crippen LogP contribution in [0, 0.1) is 3.70 Å². The van der Waals surface area contributed by atoms with Gasteiger partial charge in [0.2, 0.25) is 0 Å². The highest BCUT2D eigenvalue weighted by molar-refractivity contribution is 14.1. The fourth-order valence-electron chi connectivity index (χ4n) is 1.11. The standard InChI is InChI=1S/C11H13ClINO2/c1-11(2,3)16-9(15)6-7-4-5-8(12)14-10(7)13/h4-5H,6H2,1-3H3. The predicted molar refractivity (Wildman–Crippen MR) is 71.5 cm³/mol. The lowest BCUT2D eigenvalue weighted by molar-refractivity contribution is -0.153. The molecule has 0 saturated heterocycles. The molecule has 0 amide bonds. The second-order valence-electron chi connectivity index (χ2n) is 4.35. The number of nitrogens with zero attached hydrogens (tertiary/aromatic N) is 1. The van der Waals surface area contributed by atoms with Crippen molar-refractivity contribution in [2.75, 3.05) is 0 Å². The Morgan fingerprint density at radius 2 is 2.12 bits per heavy atom. The summed E-state index contributed by atoms with van der Waals surface area (Å²) >= 11 is 7.78. The Balaban J connectivity index is 2.70. The zero-order valence-electron chi connectivity index (χ0n) is 9.38. The highest BCUT2D eigenvalue weighted by Crippen LogP contribution is 2.16. The van der Waals surface area contributed by atoms with Crippen molar-refractivity contribution in [3.63, 3.8) is 0 Å². The number of hydrogen-bond donors (Lipinski definition) is 0. The molecule has 5 heteroatoms. The lowest BCUT2D eigenvalue weighted by Crippen LogP contribution is -2.25. The molecule has 0 spiro atoms. The van der Waals surface area contributed by atoms with Crippen LogP contribution in [0.2, 0.25) is 5.15 Å². The van der Waals surface area contributed by atoms with Gasteiger partial charge >= 0.3 is 5.97 Å². The molecule has 1 heterocycles. The van der Waals surface area contributed by atoms with Crippen LogP contribution in [0.15, 0.2) is 12.1 Å². The lowest BCUT2D eigenvalue weighted by atomic mass is 10.2. The zero-order valence-corrected chi connectivity index (χ0v) is 12.3. The van der Waals surface area contributed by atoms with Crippen LogP contribution in [-0.4, -0.2) is 16.6 Å². The van der Waals surface area contributed by atoms with E-state index < -0.39 is 5.60 Å². The molecule has 0 atom stereocenters. The molecule has 0 saturated carbocycles. The normalized spacial score (nSPS) is 11.3. The minimum absolute atomic E-state index is 0.222. The first-order chi connectivity index (χ1) is 7.28. The maximum absolute atomic E-state index is 11.6. The summed E-state index contributed by atoms with van der Waals surface area (Å²) in [5.74, 6) is -0.255. The maximum atomic E-state index is 11.6. The number of carbonyl (C=O) groups excluding carboxylic acids is 1. The minimum atomic E-state index is -0.456. The van der Waals surface area contributed by atoms with Gasteiger partial charge in [-0.15, -0.1) is 0 Å². The third-order valence-electron chi connectivity index (χ3n) is 1.65. The first-order valence-electron chi connectivity index (χ1n) is 4.81. The quantitative estimate of drug-likeness (QED) is 0.465. The monoisotopic (exact) mass is 353 g/mol. The van der Waals surface area contributed by atoms with Crippen LogP contribution in [0.5, 0.6) is 0 Å². The summed E-state index contributed by atoms with van der Waals surface area (Å²) in [6.45, 7) is 5.53. The third-order valence-corrected chi connectivity index (χ3v) is 2.79. The van der Waals surface area contributed by atoms with Gasteiger partial charge in [-0.05, 0) is 55.0 Å². The van der Waals surface area contributed by atoms with Crippen molar-refractivity contribution in [3.8, 4) is 0 Å². The summed E-state index contributed by atoms with van der Waals surface area (Å²) in [6, 6.07) is 3.46. The van der Waals surface area contributed by atoms with E-state index in [0.717, 1.165) is 9.26 Å². The fraction of sp³-hybridized carbons (Fsp3) is 0.455. The fourth-order valence-corrected chi connectivity index (χ4v) is 2.03. The van der Waals surface area contributed by atoms with Gasteiger partial charge in [-0.25, -0.2) is 4.98 Å². The smallest absolute Gasteiger partial charge is 0.310 e. The van der Waals surface area contributed by atoms with Crippen molar-refractivity contribution < 1.29 is 9.53 Å². The minimum Gasteiger partial charge on any atom is -0.460 e. The van der Waals surface area contributed by atoms with E-state index in [2.05, 4.69) is 27.6 Å². The van der Waals surface area contributed by atoms with E-state index in [9.17, 15) is 4.79 Å². The Morgan fingerprint density at radius 1 is 1.50 bits per heavy atom. The van der Waals surface area contributed by atoms with Crippen LogP contribution < -0.4 is 0 Å². The first-order valence-corrected chi connectivity index (χ1v) is 6.26. The van der Waals surface area contributed by atoms with Gasteiger partial charge in [-0.1, -0.05) is 17.7 Å². The zero-order chi connectivity index (χ0) is 12.3. The Labute approximate surface area is 114 Å².